The van der Waals surface area contributed by atoms with Gasteiger partial charge in [-0.05, 0) is 37.5 Å². The third-order valence-electron chi connectivity index (χ3n) is 8.09. The number of ether oxygens (including phenoxy) is 2. The van der Waals surface area contributed by atoms with Crippen LogP contribution in [0.4, 0.5) is 0 Å². The first-order valence-electron chi connectivity index (χ1n) is 16.3. The van der Waals surface area contributed by atoms with Crippen LogP contribution in [0.5, 0.6) is 0 Å². The zero-order valence-corrected chi connectivity index (χ0v) is 30.6. The fourth-order valence-corrected chi connectivity index (χ4v) is 6.75. The maximum absolute atomic E-state index is 13.5. The van der Waals surface area contributed by atoms with E-state index in [2.05, 4.69) is 0 Å². The van der Waals surface area contributed by atoms with Gasteiger partial charge in [0.2, 0.25) is 0 Å². The average Bonchev–Trinajstić information content (AvgIpc) is 3.15. The van der Waals surface area contributed by atoms with Crippen LogP contribution in [0.1, 0.15) is 37.5 Å². The number of carbonyl (C=O) groups is 1. The van der Waals surface area contributed by atoms with Crippen LogP contribution in [-0.4, -0.2) is 69.3 Å². The molecule has 1 unspecified atom stereocenters. The van der Waals surface area contributed by atoms with Gasteiger partial charge >= 0.3 is 13.9 Å². The molecule has 0 aliphatic heterocycles. The minimum absolute atomic E-state index is 0.0691. The Morgan fingerprint density at radius 3 is 1.94 bits per heavy atom. The Labute approximate surface area is 306 Å². The van der Waals surface area contributed by atoms with Crippen molar-refractivity contribution >= 4 is 25.1 Å². The number of H-pyrrole nitrogens is 1. The Hall–Kier alpha value is -4.29. The number of nitrogens with zero attached hydrogens (tertiary/aromatic N) is 2. The van der Waals surface area contributed by atoms with Gasteiger partial charge in [0.15, 0.2) is 5.12 Å². The third-order valence-corrected chi connectivity index (χ3v) is 10.0. The van der Waals surface area contributed by atoms with Gasteiger partial charge in [-0.2, -0.15) is 5.26 Å². The van der Waals surface area contributed by atoms with Crippen LogP contribution < -0.4 is 11.2 Å². The lowest BCUT2D eigenvalue weighted by atomic mass is 9.79. The number of thioether (sulfide) groups is 1. The van der Waals surface area contributed by atoms with Crippen molar-refractivity contribution in [3.8, 4) is 6.07 Å². The molecule has 1 heterocycles. The molecule has 4 aromatic rings. The molecular formula is C37H41N3O10PS+. The fourth-order valence-electron chi connectivity index (χ4n) is 5.24. The molecule has 1 aromatic heterocycles. The summed E-state index contributed by atoms with van der Waals surface area (Å²) in [4.78, 5) is 39.2. The highest BCUT2D eigenvalue weighted by molar-refractivity contribution is 8.13. The Morgan fingerprint density at radius 2 is 1.48 bits per heavy atom. The van der Waals surface area contributed by atoms with Crippen LogP contribution in [0.15, 0.2) is 113 Å². The summed E-state index contributed by atoms with van der Waals surface area (Å²) in [6.07, 6.45) is -1.72. The van der Waals surface area contributed by atoms with E-state index in [1.807, 2.05) is 96.0 Å². The average molecular weight is 751 g/mol. The lowest BCUT2D eigenvalue weighted by molar-refractivity contribution is -0.172. The highest BCUT2D eigenvalue weighted by atomic mass is 32.2. The zero-order chi connectivity index (χ0) is 37.8. The molecule has 13 nitrogen and oxygen atoms in total. The van der Waals surface area contributed by atoms with Gasteiger partial charge in [-0.1, -0.05) is 103 Å². The number of aliphatic hydroxyl groups is 2. The van der Waals surface area contributed by atoms with Crippen LogP contribution in [0, 0.1) is 16.7 Å². The monoisotopic (exact) mass is 750 g/mol. The van der Waals surface area contributed by atoms with Crippen molar-refractivity contribution < 1.29 is 38.1 Å². The predicted octanol–water partition coefficient (Wildman–Crippen LogP) is 4.46. The first-order chi connectivity index (χ1) is 24.9. The van der Waals surface area contributed by atoms with E-state index in [0.717, 1.165) is 40.7 Å². The molecule has 0 saturated heterocycles. The van der Waals surface area contributed by atoms with Crippen molar-refractivity contribution in [3.63, 3.8) is 0 Å². The van der Waals surface area contributed by atoms with Crippen LogP contribution in [0.3, 0.4) is 0 Å². The van der Waals surface area contributed by atoms with Crippen molar-refractivity contribution in [3.05, 3.63) is 141 Å². The zero-order valence-electron chi connectivity index (χ0n) is 28.9. The number of hydrogen-bond acceptors (Lipinski definition) is 12. The van der Waals surface area contributed by atoms with Gasteiger partial charge < -0.3 is 19.7 Å². The van der Waals surface area contributed by atoms with Crippen LogP contribution in [0.2, 0.25) is 0 Å². The molecule has 0 saturated carbocycles. The number of benzene rings is 3. The molecule has 3 N–H and O–H groups in total. The normalized spacial score (nSPS) is 14.5. The van der Waals surface area contributed by atoms with Crippen LogP contribution in [-0.2, 0) is 39.2 Å². The molecule has 0 amide bonds. The third kappa shape index (κ3) is 9.77. The molecule has 0 bridgehead atoms. The number of nitriles is 1. The molecule has 0 aliphatic carbocycles. The summed E-state index contributed by atoms with van der Waals surface area (Å²) >= 11 is 0.992. The van der Waals surface area contributed by atoms with Gasteiger partial charge in [0.05, 0.1) is 18.1 Å². The Bertz CT molecular complexity index is 1840. The van der Waals surface area contributed by atoms with E-state index in [1.165, 1.54) is 6.92 Å². The largest absolute Gasteiger partial charge is 0.697 e. The van der Waals surface area contributed by atoms with Crippen LogP contribution >= 0.6 is 20.0 Å². The smallest absolute Gasteiger partial charge is 0.391 e. The van der Waals surface area contributed by atoms with Crippen molar-refractivity contribution in [1.29, 1.82) is 5.26 Å². The van der Waals surface area contributed by atoms with Gasteiger partial charge in [0.25, 0.3) is 11.3 Å². The molecular weight excluding hydrogens is 709 g/mol. The standard InChI is InChI=1S/C37H40N3O10PS/c1-27(42)31(50-36(24-38,25-41)40-20-19-32(43)39-34(40)45)23-49-51(46)48-21-22-52-33(44)35(2,3)26-47-37(28-13-7-4-8-14-28,29-15-9-5-10-16-29)30-17-11-6-12-18-30/h4-20,27,31,41-42H,21-23,25-26H2,1-3H3/p+1/t27-,31+,36+/m0/s1. The lowest BCUT2D eigenvalue weighted by Crippen LogP contribution is -2.51. The van der Waals surface area contributed by atoms with E-state index in [0.29, 0.717) is 4.57 Å². The summed E-state index contributed by atoms with van der Waals surface area (Å²) in [5.74, 6) is 0.140. The Balaban J connectivity index is 1.35. The molecule has 0 spiro atoms. The van der Waals surface area contributed by atoms with Gasteiger partial charge in [0.1, 0.15) is 37.6 Å². The van der Waals surface area contributed by atoms with E-state index in [-0.39, 0.29) is 24.1 Å². The first kappa shape index (κ1) is 40.5. The topological polar surface area (TPSA) is 190 Å². The molecule has 15 heteroatoms. The summed E-state index contributed by atoms with van der Waals surface area (Å²) in [5.41, 5.74) is -3.33. The van der Waals surface area contributed by atoms with Crippen molar-refractivity contribution in [1.82, 2.24) is 9.55 Å². The summed E-state index contributed by atoms with van der Waals surface area (Å²) in [6.45, 7) is 3.24. The predicted molar refractivity (Wildman–Crippen MR) is 194 cm³/mol. The minimum Gasteiger partial charge on any atom is -0.391 e. The molecule has 0 fully saturated rings. The summed E-state index contributed by atoms with van der Waals surface area (Å²) < 4.78 is 36.1. The van der Waals surface area contributed by atoms with E-state index >= 15 is 0 Å². The van der Waals surface area contributed by atoms with E-state index in [4.69, 9.17) is 18.5 Å². The SMILES string of the molecule is C[C@H](O)[C@@H](CO[P+](=O)OCCSC(=O)C(C)(C)COC(c1ccccc1)(c1ccccc1)c1ccccc1)O[C@](C#N)(CO)n1ccc(=O)[nH]c1=O. The molecule has 0 radical (unpaired) electrons. The maximum atomic E-state index is 13.5. The number of carbonyl (C=O) groups excluding carboxylic acids is 1. The number of aromatic nitrogens is 2. The van der Waals surface area contributed by atoms with Gasteiger partial charge in [-0.3, -0.25) is 19.1 Å². The minimum atomic E-state index is -2.76. The van der Waals surface area contributed by atoms with E-state index in [9.17, 15) is 34.4 Å². The summed E-state index contributed by atoms with van der Waals surface area (Å²) in [6, 6.07) is 32.1. The quantitative estimate of drug-likeness (QED) is 0.0695. The van der Waals surface area contributed by atoms with E-state index < -0.39 is 61.7 Å². The maximum Gasteiger partial charge on any atom is 0.697 e. The van der Waals surface area contributed by atoms with Gasteiger partial charge in [-0.25, -0.2) is 4.79 Å². The molecule has 0 aliphatic rings. The van der Waals surface area contributed by atoms with Gasteiger partial charge in [0, 0.05) is 22.6 Å². The Morgan fingerprint density at radius 1 is 0.942 bits per heavy atom. The Kier molecular flexibility index (Phi) is 14.4. The second-order valence-electron chi connectivity index (χ2n) is 12.4. The lowest BCUT2D eigenvalue weighted by Gasteiger charge is -2.38. The highest BCUT2D eigenvalue weighted by Gasteiger charge is 2.42. The molecule has 4 atom stereocenters. The summed E-state index contributed by atoms with van der Waals surface area (Å²) in [7, 11) is -2.76. The molecule has 4 rings (SSSR count). The number of rotatable bonds is 19. The number of hydrogen-bond donors (Lipinski definition) is 3. The number of aromatic amines is 1. The van der Waals surface area contributed by atoms with Crippen molar-refractivity contribution in [2.75, 3.05) is 32.2 Å². The van der Waals surface area contributed by atoms with Gasteiger partial charge in [-0.15, -0.1) is 9.05 Å². The van der Waals surface area contributed by atoms with Crippen molar-refractivity contribution in [2.45, 2.75) is 44.3 Å². The number of nitrogens with one attached hydrogen (secondary N) is 1. The first-order valence-corrected chi connectivity index (χ1v) is 18.4. The second kappa shape index (κ2) is 18.5. The highest BCUT2D eigenvalue weighted by Crippen LogP contribution is 2.42. The fraction of sp³-hybridized carbons (Fsp3) is 0.351. The number of aliphatic hydroxyl groups excluding tert-OH is 2. The summed E-state index contributed by atoms with van der Waals surface area (Å²) in [5, 5.41) is 29.8. The van der Waals surface area contributed by atoms with Crippen molar-refractivity contribution in [2.24, 2.45) is 5.41 Å². The van der Waals surface area contributed by atoms with E-state index in [1.54, 1.807) is 19.9 Å². The second-order valence-corrected chi connectivity index (χ2v) is 14.4. The van der Waals surface area contributed by atoms with Crippen LogP contribution in [0.25, 0.3) is 0 Å². The molecule has 274 valence electrons. The molecule has 3 aromatic carbocycles. The molecule has 52 heavy (non-hydrogen) atoms.